The highest BCUT2D eigenvalue weighted by molar-refractivity contribution is 5.30. The van der Waals surface area contributed by atoms with E-state index in [9.17, 15) is 8.78 Å². The lowest BCUT2D eigenvalue weighted by molar-refractivity contribution is 0.127. The Balaban J connectivity index is 1.96. The molecule has 0 radical (unpaired) electrons. The lowest BCUT2D eigenvalue weighted by atomic mass is 10.0. The van der Waals surface area contributed by atoms with Crippen LogP contribution in [0.4, 0.5) is 8.78 Å². The third-order valence-electron chi connectivity index (χ3n) is 4.14. The highest BCUT2D eigenvalue weighted by Gasteiger charge is 2.22. The van der Waals surface area contributed by atoms with Crippen LogP contribution in [0.1, 0.15) is 25.3 Å². The molecule has 0 aromatic heterocycles. The molecule has 1 aliphatic heterocycles. The van der Waals surface area contributed by atoms with Gasteiger partial charge in [0, 0.05) is 12.6 Å². The predicted molar refractivity (Wildman–Crippen MR) is 74.6 cm³/mol. The average molecular weight is 284 g/mol. The molecule has 2 rings (SSSR count). The van der Waals surface area contributed by atoms with Crippen LogP contribution in [0, 0.1) is 11.6 Å². The normalized spacial score (nSPS) is 17.9. The van der Waals surface area contributed by atoms with Crippen molar-refractivity contribution in [3.8, 4) is 5.75 Å². The second-order valence-electron chi connectivity index (χ2n) is 5.49. The lowest BCUT2D eigenvalue weighted by Crippen LogP contribution is -2.42. The number of aromatic hydroxyl groups is 1. The molecule has 0 unspecified atom stereocenters. The van der Waals surface area contributed by atoms with E-state index >= 15 is 0 Å². The quantitative estimate of drug-likeness (QED) is 0.920. The third kappa shape index (κ3) is 3.46. The zero-order valence-electron chi connectivity index (χ0n) is 12.1. The highest BCUT2D eigenvalue weighted by Crippen LogP contribution is 2.23. The number of rotatable bonds is 4. The molecule has 0 aliphatic carbocycles. The van der Waals surface area contributed by atoms with E-state index in [0.717, 1.165) is 32.5 Å². The Morgan fingerprint density at radius 2 is 1.80 bits per heavy atom. The topological polar surface area (TPSA) is 26.7 Å². The fourth-order valence-corrected chi connectivity index (χ4v) is 2.80. The maximum absolute atomic E-state index is 13.3. The van der Waals surface area contributed by atoms with Gasteiger partial charge in [-0.3, -0.25) is 4.90 Å². The van der Waals surface area contributed by atoms with Gasteiger partial charge >= 0.3 is 0 Å². The summed E-state index contributed by atoms with van der Waals surface area (Å²) in [5.41, 5.74) is 0.554. The van der Waals surface area contributed by atoms with Crippen molar-refractivity contribution in [1.82, 2.24) is 9.80 Å². The summed E-state index contributed by atoms with van der Waals surface area (Å²) in [6.45, 7) is 5.87. The summed E-state index contributed by atoms with van der Waals surface area (Å²) < 4.78 is 26.6. The van der Waals surface area contributed by atoms with Crippen molar-refractivity contribution in [2.24, 2.45) is 0 Å². The van der Waals surface area contributed by atoms with Gasteiger partial charge in [0.15, 0.2) is 17.4 Å². The summed E-state index contributed by atoms with van der Waals surface area (Å²) in [4.78, 5) is 4.54. The van der Waals surface area contributed by atoms with E-state index in [-0.39, 0.29) is 0 Å². The Morgan fingerprint density at radius 1 is 1.25 bits per heavy atom. The SMILES string of the molecule is CCN1CCC(N(C)Cc2cc(F)c(O)c(F)c2)CC1. The van der Waals surface area contributed by atoms with Gasteiger partial charge in [0.05, 0.1) is 0 Å². The Hall–Kier alpha value is -1.20. The fraction of sp³-hybridized carbons (Fsp3) is 0.600. The smallest absolute Gasteiger partial charge is 0.187 e. The summed E-state index contributed by atoms with van der Waals surface area (Å²) in [5, 5.41) is 9.10. The van der Waals surface area contributed by atoms with Crippen LogP contribution in [-0.2, 0) is 6.54 Å². The van der Waals surface area contributed by atoms with E-state index < -0.39 is 17.4 Å². The van der Waals surface area contributed by atoms with Crippen LogP contribution in [0.5, 0.6) is 5.75 Å². The zero-order valence-corrected chi connectivity index (χ0v) is 12.1. The number of piperidine rings is 1. The molecule has 1 fully saturated rings. The second kappa shape index (κ2) is 6.50. The summed E-state index contributed by atoms with van der Waals surface area (Å²) in [5.74, 6) is -2.68. The molecular formula is C15H22F2N2O. The predicted octanol–water partition coefficient (Wildman–Crippen LogP) is 2.59. The van der Waals surface area contributed by atoms with Gasteiger partial charge < -0.3 is 10.0 Å². The summed E-state index contributed by atoms with van der Waals surface area (Å²) in [7, 11) is 1.98. The lowest BCUT2D eigenvalue weighted by Gasteiger charge is -2.36. The van der Waals surface area contributed by atoms with Gasteiger partial charge in [-0.05, 0) is 57.2 Å². The van der Waals surface area contributed by atoms with Crippen molar-refractivity contribution >= 4 is 0 Å². The largest absolute Gasteiger partial charge is 0.503 e. The Labute approximate surface area is 118 Å². The van der Waals surface area contributed by atoms with Crippen LogP contribution < -0.4 is 0 Å². The van der Waals surface area contributed by atoms with Crippen molar-refractivity contribution in [3.63, 3.8) is 0 Å². The molecule has 1 N–H and O–H groups in total. The standard InChI is InChI=1S/C15H22F2N2O/c1-3-19-6-4-12(5-7-19)18(2)10-11-8-13(16)15(20)14(17)9-11/h8-9,12,20H,3-7,10H2,1-2H3. The van der Waals surface area contributed by atoms with Crippen LogP contribution in [0.3, 0.4) is 0 Å². The molecule has 1 aromatic rings. The van der Waals surface area contributed by atoms with Gasteiger partial charge in [-0.2, -0.15) is 0 Å². The Morgan fingerprint density at radius 3 is 2.30 bits per heavy atom. The Bertz CT molecular complexity index is 436. The van der Waals surface area contributed by atoms with E-state index in [0.29, 0.717) is 18.2 Å². The van der Waals surface area contributed by atoms with E-state index in [1.807, 2.05) is 7.05 Å². The van der Waals surface area contributed by atoms with Crippen molar-refractivity contribution in [1.29, 1.82) is 0 Å². The molecule has 3 nitrogen and oxygen atoms in total. The van der Waals surface area contributed by atoms with Crippen molar-refractivity contribution < 1.29 is 13.9 Å². The zero-order chi connectivity index (χ0) is 14.7. The van der Waals surface area contributed by atoms with Crippen molar-refractivity contribution in [2.45, 2.75) is 32.4 Å². The van der Waals surface area contributed by atoms with Crippen LogP contribution in [0.2, 0.25) is 0 Å². The van der Waals surface area contributed by atoms with Gasteiger partial charge in [-0.25, -0.2) is 8.78 Å². The number of likely N-dealkylation sites (tertiary alicyclic amines) is 1. The van der Waals surface area contributed by atoms with E-state index in [1.54, 1.807) is 0 Å². The molecule has 1 heterocycles. The first-order valence-electron chi connectivity index (χ1n) is 7.10. The number of phenolic OH excluding ortho intramolecular Hbond substituents is 1. The molecule has 0 amide bonds. The molecular weight excluding hydrogens is 262 g/mol. The summed E-state index contributed by atoms with van der Waals surface area (Å²) in [6, 6.07) is 2.85. The number of nitrogens with zero attached hydrogens (tertiary/aromatic N) is 2. The van der Waals surface area contributed by atoms with E-state index in [1.165, 1.54) is 12.1 Å². The monoisotopic (exact) mass is 284 g/mol. The molecule has 1 aliphatic rings. The number of hydrogen-bond donors (Lipinski definition) is 1. The molecule has 0 bridgehead atoms. The van der Waals surface area contributed by atoms with Crippen LogP contribution >= 0.6 is 0 Å². The third-order valence-corrected chi connectivity index (χ3v) is 4.14. The minimum absolute atomic E-state index is 0.442. The Kier molecular flexibility index (Phi) is 4.94. The van der Waals surface area contributed by atoms with Gasteiger partial charge in [0.1, 0.15) is 0 Å². The van der Waals surface area contributed by atoms with Gasteiger partial charge in [-0.15, -0.1) is 0 Å². The first kappa shape index (κ1) is 15.2. The van der Waals surface area contributed by atoms with Crippen LogP contribution in [0.15, 0.2) is 12.1 Å². The molecule has 0 saturated carbocycles. The van der Waals surface area contributed by atoms with E-state index in [4.69, 9.17) is 5.11 Å². The number of hydrogen-bond acceptors (Lipinski definition) is 3. The molecule has 112 valence electrons. The van der Waals surface area contributed by atoms with Gasteiger partial charge in [0.25, 0.3) is 0 Å². The molecule has 20 heavy (non-hydrogen) atoms. The molecule has 5 heteroatoms. The maximum atomic E-state index is 13.3. The minimum Gasteiger partial charge on any atom is -0.503 e. The minimum atomic E-state index is -0.896. The molecule has 0 spiro atoms. The van der Waals surface area contributed by atoms with Crippen molar-refractivity contribution in [3.05, 3.63) is 29.3 Å². The van der Waals surface area contributed by atoms with E-state index in [2.05, 4.69) is 16.7 Å². The average Bonchev–Trinajstić information content (AvgIpc) is 2.44. The highest BCUT2D eigenvalue weighted by atomic mass is 19.1. The molecule has 1 saturated heterocycles. The number of benzene rings is 1. The number of phenols is 1. The fourth-order valence-electron chi connectivity index (χ4n) is 2.80. The van der Waals surface area contributed by atoms with Crippen molar-refractivity contribution in [2.75, 3.05) is 26.7 Å². The van der Waals surface area contributed by atoms with Gasteiger partial charge in [0.2, 0.25) is 0 Å². The number of halogens is 2. The van der Waals surface area contributed by atoms with Crippen LogP contribution in [0.25, 0.3) is 0 Å². The molecule has 0 atom stereocenters. The molecule has 1 aromatic carbocycles. The first-order valence-corrected chi connectivity index (χ1v) is 7.10. The van der Waals surface area contributed by atoms with Crippen LogP contribution in [-0.4, -0.2) is 47.6 Å². The van der Waals surface area contributed by atoms with Gasteiger partial charge in [-0.1, -0.05) is 6.92 Å². The summed E-state index contributed by atoms with van der Waals surface area (Å²) >= 11 is 0. The maximum Gasteiger partial charge on any atom is 0.187 e. The first-order chi connectivity index (χ1) is 9.51. The second-order valence-corrected chi connectivity index (χ2v) is 5.49. The summed E-state index contributed by atoms with van der Waals surface area (Å²) in [6.07, 6.45) is 2.15.